The average Bonchev–Trinajstić information content (AvgIpc) is 2.34. The van der Waals surface area contributed by atoms with Crippen molar-refractivity contribution >= 4 is 23.6 Å². The molecule has 0 heterocycles. The van der Waals surface area contributed by atoms with Gasteiger partial charge >= 0.3 is 0 Å². The number of hydrogen-bond donors (Lipinski definition) is 0. The van der Waals surface area contributed by atoms with Gasteiger partial charge < -0.3 is 4.90 Å². The zero-order valence-electron chi connectivity index (χ0n) is 13.1. The van der Waals surface area contributed by atoms with E-state index in [1.54, 1.807) is 0 Å². The first-order valence-corrected chi connectivity index (χ1v) is 6.54. The second-order valence-corrected chi connectivity index (χ2v) is 4.58. The number of nitro groups is 1. The van der Waals surface area contributed by atoms with Crippen LogP contribution in [0.1, 0.15) is 27.7 Å². The smallest absolute Gasteiger partial charge is 0.280 e. The molecule has 0 aromatic heterocycles. The third kappa shape index (κ3) is 6.29. The number of hydrogen-bond acceptors (Lipinski definition) is 6. The molecule has 0 unspecified atom stereocenters. The van der Waals surface area contributed by atoms with E-state index < -0.39 is 22.8 Å². The Labute approximate surface area is 127 Å². The molecule has 0 aromatic carbocycles. The molecule has 0 aliphatic rings. The lowest BCUT2D eigenvalue weighted by Crippen LogP contribution is -2.46. The summed E-state index contributed by atoms with van der Waals surface area (Å²) in [5.41, 5.74) is 0. The quantitative estimate of drug-likeness (QED) is 0.451. The number of carbonyl (C=O) groups is 4. The van der Waals surface area contributed by atoms with Crippen molar-refractivity contribution in [1.82, 2.24) is 14.8 Å². The van der Waals surface area contributed by atoms with Gasteiger partial charge in [0, 0.05) is 47.3 Å². The number of nitrogens with zero attached hydrogens (tertiary/aromatic N) is 4. The highest BCUT2D eigenvalue weighted by molar-refractivity contribution is 5.92. The van der Waals surface area contributed by atoms with Crippen molar-refractivity contribution in [2.24, 2.45) is 0 Å². The van der Waals surface area contributed by atoms with Crippen LogP contribution in [0.15, 0.2) is 0 Å². The van der Waals surface area contributed by atoms with E-state index in [9.17, 15) is 29.3 Å². The number of carbonyl (C=O) groups excluding carboxylic acids is 4. The maximum absolute atomic E-state index is 11.5. The Morgan fingerprint density at radius 3 is 1.55 bits per heavy atom. The molecule has 10 nitrogen and oxygen atoms in total. The van der Waals surface area contributed by atoms with Crippen LogP contribution in [0.25, 0.3) is 0 Å². The van der Waals surface area contributed by atoms with E-state index >= 15 is 0 Å². The molecule has 22 heavy (non-hydrogen) atoms. The summed E-state index contributed by atoms with van der Waals surface area (Å²) in [6.45, 7) is 4.44. The highest BCUT2D eigenvalue weighted by Gasteiger charge is 2.22. The third-order valence-corrected chi connectivity index (χ3v) is 2.94. The molecule has 0 N–H and O–H groups in total. The molecule has 0 bridgehead atoms. The zero-order valence-corrected chi connectivity index (χ0v) is 13.1. The minimum absolute atomic E-state index is 0.0111. The van der Waals surface area contributed by atoms with Gasteiger partial charge in [0.2, 0.25) is 17.7 Å². The van der Waals surface area contributed by atoms with Crippen molar-refractivity contribution in [3.8, 4) is 0 Å². The zero-order chi connectivity index (χ0) is 17.4. The first kappa shape index (κ1) is 19.5. The van der Waals surface area contributed by atoms with E-state index in [4.69, 9.17) is 0 Å². The standard InChI is InChI=1S/C12H20N4O6/c1-9(17)13(5-7-14(10(2)18)11(3)19)6-8-15(12(4)20)16(21)22/h5-8H2,1-4H3. The molecule has 4 amide bonds. The topological polar surface area (TPSA) is 121 Å². The predicted octanol–water partition coefficient (Wildman–Crippen LogP) is -0.730. The molecule has 0 fully saturated rings. The molecule has 10 heteroatoms. The maximum atomic E-state index is 11.5. The number of imide groups is 1. The van der Waals surface area contributed by atoms with Gasteiger partial charge in [0.1, 0.15) is 6.54 Å². The number of rotatable bonds is 7. The van der Waals surface area contributed by atoms with Gasteiger partial charge in [-0.3, -0.25) is 24.1 Å². The lowest BCUT2D eigenvalue weighted by molar-refractivity contribution is -0.634. The van der Waals surface area contributed by atoms with Crippen LogP contribution in [-0.2, 0) is 19.2 Å². The fourth-order valence-corrected chi connectivity index (χ4v) is 1.75. The summed E-state index contributed by atoms with van der Waals surface area (Å²) in [5, 5.41) is 10.2. The maximum Gasteiger partial charge on any atom is 0.280 e. The van der Waals surface area contributed by atoms with E-state index in [1.807, 2.05) is 0 Å². The van der Waals surface area contributed by atoms with Gasteiger partial charge in [-0.25, -0.2) is 10.1 Å². The van der Waals surface area contributed by atoms with Gasteiger partial charge in [-0.15, -0.1) is 0 Å². The molecule has 0 saturated carbocycles. The molecule has 0 aliphatic heterocycles. The summed E-state index contributed by atoms with van der Waals surface area (Å²) in [6.07, 6.45) is 0. The summed E-state index contributed by atoms with van der Waals surface area (Å²) in [5.74, 6) is -2.03. The van der Waals surface area contributed by atoms with Crippen molar-refractivity contribution in [2.45, 2.75) is 27.7 Å². The molecular formula is C12H20N4O6. The van der Waals surface area contributed by atoms with E-state index in [1.165, 1.54) is 25.7 Å². The van der Waals surface area contributed by atoms with Crippen LogP contribution in [0.2, 0.25) is 0 Å². The molecule has 0 spiro atoms. The molecular weight excluding hydrogens is 296 g/mol. The van der Waals surface area contributed by atoms with E-state index in [2.05, 4.69) is 0 Å². The molecule has 0 aromatic rings. The van der Waals surface area contributed by atoms with Gasteiger partial charge in [-0.1, -0.05) is 5.01 Å². The highest BCUT2D eigenvalue weighted by atomic mass is 16.7. The van der Waals surface area contributed by atoms with Crippen LogP contribution in [-0.4, -0.2) is 69.6 Å². The van der Waals surface area contributed by atoms with Crippen LogP contribution in [0.3, 0.4) is 0 Å². The van der Waals surface area contributed by atoms with Crippen molar-refractivity contribution < 1.29 is 24.2 Å². The first-order valence-electron chi connectivity index (χ1n) is 6.54. The van der Waals surface area contributed by atoms with Crippen molar-refractivity contribution in [2.75, 3.05) is 26.2 Å². The van der Waals surface area contributed by atoms with Crippen molar-refractivity contribution in [1.29, 1.82) is 0 Å². The summed E-state index contributed by atoms with van der Waals surface area (Å²) in [7, 11) is 0. The predicted molar refractivity (Wildman–Crippen MR) is 74.7 cm³/mol. The van der Waals surface area contributed by atoms with Crippen molar-refractivity contribution in [3.63, 3.8) is 0 Å². The van der Waals surface area contributed by atoms with Crippen molar-refractivity contribution in [3.05, 3.63) is 10.1 Å². The van der Waals surface area contributed by atoms with Crippen LogP contribution in [0.5, 0.6) is 0 Å². The number of hydrazine groups is 1. The lowest BCUT2D eigenvalue weighted by Gasteiger charge is -2.25. The number of amides is 4. The fourth-order valence-electron chi connectivity index (χ4n) is 1.75. The minimum atomic E-state index is -0.849. The van der Waals surface area contributed by atoms with E-state index in [0.717, 1.165) is 11.8 Å². The monoisotopic (exact) mass is 316 g/mol. The highest BCUT2D eigenvalue weighted by Crippen LogP contribution is 1.98. The van der Waals surface area contributed by atoms with Gasteiger partial charge in [-0.2, -0.15) is 0 Å². The second kappa shape index (κ2) is 8.70. The molecule has 124 valence electrons. The Balaban J connectivity index is 4.71. The van der Waals surface area contributed by atoms with Crippen LogP contribution in [0, 0.1) is 10.1 Å². The van der Waals surface area contributed by atoms with E-state index in [0.29, 0.717) is 5.01 Å². The largest absolute Gasteiger partial charge is 0.339 e. The Morgan fingerprint density at radius 1 is 0.773 bits per heavy atom. The normalized spacial score (nSPS) is 9.82. The van der Waals surface area contributed by atoms with Gasteiger partial charge in [-0.05, 0) is 0 Å². The molecule has 0 radical (unpaired) electrons. The summed E-state index contributed by atoms with van der Waals surface area (Å²) in [6, 6.07) is 0. The van der Waals surface area contributed by atoms with Gasteiger partial charge in [0.05, 0.1) is 0 Å². The van der Waals surface area contributed by atoms with E-state index in [-0.39, 0.29) is 32.1 Å². The fraction of sp³-hybridized carbons (Fsp3) is 0.667. The average molecular weight is 316 g/mol. The van der Waals surface area contributed by atoms with Crippen LogP contribution in [0.4, 0.5) is 0 Å². The summed E-state index contributed by atoms with van der Waals surface area (Å²) < 4.78 is 0. The summed E-state index contributed by atoms with van der Waals surface area (Å²) in [4.78, 5) is 58.0. The van der Waals surface area contributed by atoms with Crippen LogP contribution < -0.4 is 0 Å². The third-order valence-electron chi connectivity index (χ3n) is 2.94. The molecule has 0 atom stereocenters. The SMILES string of the molecule is CC(=O)N(CCN(C(C)=O)C(C)=O)CCN(C(C)=O)[N+](=O)[O-]. The Hall–Kier alpha value is -2.52. The Morgan fingerprint density at radius 2 is 1.23 bits per heavy atom. The summed E-state index contributed by atoms with van der Waals surface area (Å²) >= 11 is 0. The molecule has 0 rings (SSSR count). The van der Waals surface area contributed by atoms with Gasteiger partial charge in [0.15, 0.2) is 5.03 Å². The minimum Gasteiger partial charge on any atom is -0.339 e. The van der Waals surface area contributed by atoms with Gasteiger partial charge in [0.25, 0.3) is 5.91 Å². The first-order chi connectivity index (χ1) is 10.1. The lowest BCUT2D eigenvalue weighted by atomic mass is 10.4. The van der Waals surface area contributed by atoms with Crippen LogP contribution >= 0.6 is 0 Å². The molecule has 0 saturated heterocycles. The second-order valence-electron chi connectivity index (χ2n) is 4.58. The Bertz CT molecular complexity index is 414. The molecule has 0 aliphatic carbocycles. The Kier molecular flexibility index (Phi) is 7.70.